The molecule has 8 rings (SSSR count). The molecule has 0 aromatic heterocycles. The van der Waals surface area contributed by atoms with Gasteiger partial charge in [0, 0.05) is 12.8 Å². The van der Waals surface area contributed by atoms with E-state index >= 15 is 0 Å². The van der Waals surface area contributed by atoms with Gasteiger partial charge in [0.05, 0.1) is 31.5 Å². The molecule has 0 amide bonds. The first-order valence-electron chi connectivity index (χ1n) is 25.7. The molecule has 8 saturated carbocycles. The van der Waals surface area contributed by atoms with Gasteiger partial charge < -0.3 is 30.0 Å². The van der Waals surface area contributed by atoms with Crippen LogP contribution in [0.2, 0.25) is 0 Å². The number of rotatable bonds is 10. The van der Waals surface area contributed by atoms with Crippen molar-refractivity contribution in [3.05, 3.63) is 0 Å². The molecule has 0 aliphatic heterocycles. The van der Waals surface area contributed by atoms with Crippen LogP contribution in [0.25, 0.3) is 0 Å². The molecule has 0 saturated heterocycles. The van der Waals surface area contributed by atoms with Gasteiger partial charge in [0.25, 0.3) is 0 Å². The number of methoxy groups -OCH3 is 1. The summed E-state index contributed by atoms with van der Waals surface area (Å²) in [7, 11) is 1.48. The molecule has 0 unspecified atom stereocenters. The Labute approximate surface area is 373 Å². The topological polar surface area (TPSA) is 124 Å². The van der Waals surface area contributed by atoms with Crippen LogP contribution < -0.4 is 0 Å². The highest BCUT2D eigenvalue weighted by Gasteiger charge is 2.66. The lowest BCUT2D eigenvalue weighted by molar-refractivity contribution is -0.203. The smallest absolute Gasteiger partial charge is 0.305 e. The molecule has 352 valence electrons. The van der Waals surface area contributed by atoms with E-state index < -0.39 is 0 Å². The number of hydrogen-bond acceptors (Lipinski definition) is 7. The van der Waals surface area contributed by atoms with Gasteiger partial charge >= 0.3 is 5.97 Å². The fourth-order valence-corrected chi connectivity index (χ4v) is 19.0. The molecule has 0 aromatic carbocycles. The summed E-state index contributed by atoms with van der Waals surface area (Å²) in [6.45, 7) is 19.2. The van der Waals surface area contributed by atoms with Gasteiger partial charge in [-0.2, -0.15) is 0 Å². The third-order valence-corrected chi connectivity index (χ3v) is 22.1. The van der Waals surface area contributed by atoms with Gasteiger partial charge in [-0.3, -0.25) is 4.79 Å². The van der Waals surface area contributed by atoms with Gasteiger partial charge in [0.15, 0.2) is 0 Å². The zero-order valence-electron chi connectivity index (χ0n) is 39.6. The highest BCUT2D eigenvalue weighted by atomic mass is 16.5. The second kappa shape index (κ2) is 19.1. The molecule has 0 radical (unpaired) electrons. The molecule has 0 aromatic rings. The molecule has 61 heavy (non-hydrogen) atoms. The number of ether oxygens (including phenoxy) is 1. The van der Waals surface area contributed by atoms with Gasteiger partial charge in [0.1, 0.15) is 6.29 Å². The van der Waals surface area contributed by atoms with Crippen LogP contribution in [0.4, 0.5) is 0 Å². The molecule has 8 aliphatic carbocycles. The Morgan fingerprint density at radius 1 is 0.607 bits per heavy atom. The van der Waals surface area contributed by atoms with Crippen LogP contribution in [-0.2, 0) is 14.3 Å². The van der Waals surface area contributed by atoms with E-state index in [-0.39, 0.29) is 54.1 Å². The highest BCUT2D eigenvalue weighted by Crippen LogP contribution is 2.71. The number of carbonyl (C=O) groups is 2. The molecule has 0 bridgehead atoms. The van der Waals surface area contributed by atoms with Crippen molar-refractivity contribution < 1.29 is 34.8 Å². The van der Waals surface area contributed by atoms with Crippen LogP contribution >= 0.6 is 0 Å². The second-order valence-corrected chi connectivity index (χ2v) is 24.1. The Morgan fingerprint density at radius 3 is 1.39 bits per heavy atom. The van der Waals surface area contributed by atoms with Gasteiger partial charge in [-0.25, -0.2) is 0 Å². The SMILES string of the molecule is C.CC[C@H]1[C@@H](O)[C@@H]2[C@H](CC[C@]3(C)[C@@H]([C@H](C)CCC(=O)OC)CC[C@@H]23)[C@@]2(C)CC[C@@H](O)C[C@@H]12.CC[C@H]1[C@@H](O)[C@@H]2[C@H](CC[C@]3(C)[C@@H]([C@H](C)CCC=O)CC[C@@H]23)[C@@]2(C)CC[C@@H](O)C[C@@H]12. The fraction of sp³-hybridized carbons (Fsp3) is 0.963. The summed E-state index contributed by atoms with van der Waals surface area (Å²) in [5, 5.41) is 44.3. The lowest BCUT2D eigenvalue weighted by Crippen LogP contribution is -2.62. The summed E-state index contributed by atoms with van der Waals surface area (Å²) in [6, 6.07) is 0. The Bertz CT molecular complexity index is 1480. The van der Waals surface area contributed by atoms with Crippen LogP contribution in [0, 0.1) is 105 Å². The molecule has 0 spiro atoms. The van der Waals surface area contributed by atoms with Crippen LogP contribution in [-0.4, -0.2) is 64.2 Å². The third-order valence-electron chi connectivity index (χ3n) is 22.1. The van der Waals surface area contributed by atoms with Crippen LogP contribution in [0.3, 0.4) is 0 Å². The van der Waals surface area contributed by atoms with E-state index in [1.165, 1.54) is 58.5 Å². The van der Waals surface area contributed by atoms with Crippen molar-refractivity contribution in [3.8, 4) is 0 Å². The quantitative estimate of drug-likeness (QED) is 0.127. The van der Waals surface area contributed by atoms with Crippen LogP contribution in [0.5, 0.6) is 0 Å². The third kappa shape index (κ3) is 8.29. The predicted molar refractivity (Wildman–Crippen MR) is 245 cm³/mol. The monoisotopic (exact) mass is 855 g/mol. The largest absolute Gasteiger partial charge is 0.469 e. The minimum absolute atomic E-state index is 0. The zero-order valence-corrected chi connectivity index (χ0v) is 39.6. The normalized spacial score (nSPS) is 50.6. The fourth-order valence-electron chi connectivity index (χ4n) is 19.0. The lowest BCUT2D eigenvalue weighted by Gasteiger charge is -2.64. The van der Waals surface area contributed by atoms with E-state index in [4.69, 9.17) is 4.74 Å². The number of esters is 1. The van der Waals surface area contributed by atoms with Crippen LogP contribution in [0.1, 0.15) is 191 Å². The molecular formula is C54H94O7. The molecule has 22 atom stereocenters. The van der Waals surface area contributed by atoms with Crippen molar-refractivity contribution in [3.63, 3.8) is 0 Å². The van der Waals surface area contributed by atoms with Gasteiger partial charge in [-0.05, 0) is 207 Å². The first-order chi connectivity index (χ1) is 28.4. The molecule has 0 heterocycles. The van der Waals surface area contributed by atoms with E-state index in [2.05, 4.69) is 55.4 Å². The molecule has 8 aliphatic rings. The van der Waals surface area contributed by atoms with Crippen molar-refractivity contribution in [1.29, 1.82) is 0 Å². The summed E-state index contributed by atoms with van der Waals surface area (Å²) < 4.78 is 4.88. The Kier molecular flexibility index (Phi) is 15.4. The predicted octanol–water partition coefficient (Wildman–Crippen LogP) is 11.1. The number of fused-ring (bicyclic) bond motifs is 10. The van der Waals surface area contributed by atoms with Crippen LogP contribution in [0.15, 0.2) is 0 Å². The van der Waals surface area contributed by atoms with Crippen molar-refractivity contribution in [1.82, 2.24) is 0 Å². The Balaban J connectivity index is 0.000000201. The summed E-state index contributed by atoms with van der Waals surface area (Å²) in [6.07, 6.45) is 21.3. The Hall–Kier alpha value is -1.02. The summed E-state index contributed by atoms with van der Waals surface area (Å²) >= 11 is 0. The van der Waals surface area contributed by atoms with E-state index in [1.807, 2.05) is 0 Å². The minimum Gasteiger partial charge on any atom is -0.469 e. The zero-order chi connectivity index (χ0) is 43.5. The first kappa shape index (κ1) is 49.4. The lowest BCUT2D eigenvalue weighted by atomic mass is 9.41. The van der Waals surface area contributed by atoms with Crippen molar-refractivity contribution >= 4 is 12.3 Å². The van der Waals surface area contributed by atoms with Gasteiger partial charge in [-0.15, -0.1) is 0 Å². The molecular weight excluding hydrogens is 761 g/mol. The molecule has 8 fully saturated rings. The molecule has 7 nitrogen and oxygen atoms in total. The first-order valence-corrected chi connectivity index (χ1v) is 25.7. The number of aliphatic hydroxyl groups excluding tert-OH is 4. The maximum atomic E-state index is 11.8. The highest BCUT2D eigenvalue weighted by molar-refractivity contribution is 5.69. The van der Waals surface area contributed by atoms with Gasteiger partial charge in [-0.1, -0.05) is 75.7 Å². The average molecular weight is 855 g/mol. The summed E-state index contributed by atoms with van der Waals surface area (Å²) in [4.78, 5) is 22.6. The van der Waals surface area contributed by atoms with Crippen molar-refractivity contribution in [2.45, 2.75) is 216 Å². The molecule has 7 heteroatoms. The summed E-state index contributed by atoms with van der Waals surface area (Å²) in [5.74, 6) is 7.17. The molecule has 4 N–H and O–H groups in total. The number of aliphatic hydroxyl groups is 4. The number of aldehydes is 1. The van der Waals surface area contributed by atoms with E-state index in [9.17, 15) is 30.0 Å². The number of carbonyl (C=O) groups excluding carboxylic acids is 2. The maximum Gasteiger partial charge on any atom is 0.305 e. The standard InChI is InChI=1S/C27H46O4.C26H44O3.CH4/c1-6-18-22-15-17(28)11-13-27(22,4)21-12-14-26(3)19(16(2)7-10-23(29)31-5)8-9-20(26)24(21)25(18)30;1-5-18-22-15-17(28)10-12-26(22,4)21-11-13-25(3)19(16(2)7-6-14-27)8-9-20(25)23(21)24(18)29;/h16-22,24-25,28,30H,6-15H2,1-5H3;14,16-24,28-29H,5-13,15H2,1-4H3;1H4/t16-,17-,18-,19-,20+,21+,22+,24+,25-,26-,27-;16-,17-,18-,19-,20+,21+,22+,23+,24-,25-,26-;/m11./s1. The Morgan fingerprint density at radius 2 is 1.00 bits per heavy atom. The van der Waals surface area contributed by atoms with Crippen molar-refractivity contribution in [2.75, 3.05) is 7.11 Å². The maximum absolute atomic E-state index is 11.8. The van der Waals surface area contributed by atoms with Crippen molar-refractivity contribution in [2.24, 2.45) is 105 Å². The second-order valence-electron chi connectivity index (χ2n) is 24.1. The number of hydrogen-bond donors (Lipinski definition) is 4. The van der Waals surface area contributed by atoms with E-state index in [0.29, 0.717) is 101 Å². The minimum atomic E-state index is -0.230. The van der Waals surface area contributed by atoms with E-state index in [1.54, 1.807) is 0 Å². The summed E-state index contributed by atoms with van der Waals surface area (Å²) in [5.41, 5.74) is 1.14. The van der Waals surface area contributed by atoms with E-state index in [0.717, 1.165) is 70.5 Å². The van der Waals surface area contributed by atoms with Gasteiger partial charge in [0.2, 0.25) is 0 Å². The average Bonchev–Trinajstić information content (AvgIpc) is 3.77.